The lowest BCUT2D eigenvalue weighted by Gasteiger charge is -2.09. The van der Waals surface area contributed by atoms with Crippen molar-refractivity contribution >= 4 is 27.9 Å². The number of carbonyl (C=O) groups is 1. The Morgan fingerprint density at radius 1 is 1.35 bits per heavy atom. The van der Waals surface area contributed by atoms with Crippen LogP contribution in [0.3, 0.4) is 0 Å². The first-order valence-corrected chi connectivity index (χ1v) is 11.2. The number of aromatic nitrogens is 5. The Morgan fingerprint density at radius 2 is 2.19 bits per heavy atom. The maximum Gasteiger partial charge on any atom is 0.261 e. The van der Waals surface area contributed by atoms with Gasteiger partial charge in [0.25, 0.3) is 5.91 Å². The molecule has 1 N–H and O–H groups in total. The molecule has 0 radical (unpaired) electrons. The molecule has 0 spiro atoms. The van der Waals surface area contributed by atoms with Crippen molar-refractivity contribution in [2.45, 2.75) is 46.1 Å². The molecule has 1 aliphatic carbocycles. The van der Waals surface area contributed by atoms with Gasteiger partial charge in [-0.2, -0.15) is 15.5 Å². The molecule has 0 aromatic carbocycles. The van der Waals surface area contributed by atoms with Crippen molar-refractivity contribution in [1.82, 2.24) is 24.4 Å². The molecular formula is C22H21N7OS. The molecule has 0 saturated carbocycles. The second-order valence-electron chi connectivity index (χ2n) is 7.59. The third-order valence-electron chi connectivity index (χ3n) is 5.70. The molecule has 4 aromatic heterocycles. The van der Waals surface area contributed by atoms with E-state index < -0.39 is 0 Å². The lowest BCUT2D eigenvalue weighted by molar-refractivity contribution is 0.102. The average Bonchev–Trinajstić information content (AvgIpc) is 3.47. The highest BCUT2D eigenvalue weighted by Crippen LogP contribution is 2.38. The largest absolute Gasteiger partial charge is 0.312 e. The third kappa shape index (κ3) is 3.20. The number of thiophene rings is 1. The zero-order valence-corrected chi connectivity index (χ0v) is 18.2. The predicted molar refractivity (Wildman–Crippen MR) is 118 cm³/mol. The number of fused-ring (bicyclic) bond motifs is 2. The van der Waals surface area contributed by atoms with E-state index in [9.17, 15) is 10.1 Å². The van der Waals surface area contributed by atoms with Crippen molar-refractivity contribution in [2.75, 3.05) is 5.32 Å². The first kappa shape index (κ1) is 19.5. The van der Waals surface area contributed by atoms with Crippen LogP contribution in [0.5, 0.6) is 0 Å². The summed E-state index contributed by atoms with van der Waals surface area (Å²) in [6, 6.07) is 4.15. The molecule has 1 amide bonds. The van der Waals surface area contributed by atoms with Crippen LogP contribution in [-0.2, 0) is 19.4 Å². The molecule has 0 aliphatic heterocycles. The summed E-state index contributed by atoms with van der Waals surface area (Å²) in [7, 11) is 0. The van der Waals surface area contributed by atoms with E-state index in [1.165, 1.54) is 22.4 Å². The summed E-state index contributed by atoms with van der Waals surface area (Å²) in [6.45, 7) is 4.76. The Balaban J connectivity index is 1.52. The van der Waals surface area contributed by atoms with Crippen LogP contribution in [0.15, 0.2) is 24.7 Å². The van der Waals surface area contributed by atoms with E-state index >= 15 is 0 Å². The fourth-order valence-electron chi connectivity index (χ4n) is 4.13. The molecule has 156 valence electrons. The summed E-state index contributed by atoms with van der Waals surface area (Å²) in [6.07, 6.45) is 9.26. The molecule has 0 saturated heterocycles. The van der Waals surface area contributed by atoms with Gasteiger partial charge in [-0.3, -0.25) is 9.48 Å². The molecule has 4 heterocycles. The number of amides is 1. The molecule has 5 rings (SSSR count). The fourth-order valence-corrected chi connectivity index (χ4v) is 5.36. The summed E-state index contributed by atoms with van der Waals surface area (Å²) in [4.78, 5) is 18.7. The molecule has 0 bridgehead atoms. The van der Waals surface area contributed by atoms with E-state index in [0.717, 1.165) is 54.7 Å². The van der Waals surface area contributed by atoms with Crippen LogP contribution >= 0.6 is 11.3 Å². The van der Waals surface area contributed by atoms with E-state index in [1.807, 2.05) is 30.8 Å². The standard InChI is InChI=1S/C22H21N7OS/c1-3-28-12-17(13(2)27-28)18-8-9-24-20-16(11-25-29(18)20)21(30)26-22-15(10-23)14-6-4-5-7-19(14)31-22/h8-9,11-12H,3-7H2,1-2H3,(H,26,30). The van der Waals surface area contributed by atoms with Crippen molar-refractivity contribution < 1.29 is 4.79 Å². The quantitative estimate of drug-likeness (QED) is 0.527. The second kappa shape index (κ2) is 7.63. The summed E-state index contributed by atoms with van der Waals surface area (Å²) in [5.74, 6) is -0.310. The second-order valence-corrected chi connectivity index (χ2v) is 8.69. The number of nitriles is 1. The van der Waals surface area contributed by atoms with Crippen molar-refractivity contribution in [1.29, 1.82) is 5.26 Å². The summed E-state index contributed by atoms with van der Waals surface area (Å²) in [5, 5.41) is 22.2. The third-order valence-corrected chi connectivity index (χ3v) is 6.91. The van der Waals surface area contributed by atoms with E-state index in [-0.39, 0.29) is 5.91 Å². The Labute approximate surface area is 183 Å². The monoisotopic (exact) mass is 431 g/mol. The van der Waals surface area contributed by atoms with Gasteiger partial charge in [0, 0.05) is 29.4 Å². The zero-order chi connectivity index (χ0) is 21.5. The van der Waals surface area contributed by atoms with Gasteiger partial charge in [-0.1, -0.05) is 0 Å². The fraction of sp³-hybridized carbons (Fsp3) is 0.318. The predicted octanol–water partition coefficient (Wildman–Crippen LogP) is 3.99. The lowest BCUT2D eigenvalue weighted by atomic mass is 9.96. The van der Waals surface area contributed by atoms with Crippen molar-refractivity contribution in [3.05, 3.63) is 51.9 Å². The average molecular weight is 432 g/mol. The number of nitrogens with one attached hydrogen (secondary N) is 1. The van der Waals surface area contributed by atoms with Gasteiger partial charge in [0.05, 0.1) is 23.1 Å². The summed E-state index contributed by atoms with van der Waals surface area (Å²) >= 11 is 1.51. The molecule has 1 aliphatic rings. The van der Waals surface area contributed by atoms with Crippen molar-refractivity contribution in [2.24, 2.45) is 0 Å². The highest BCUT2D eigenvalue weighted by Gasteiger charge is 2.24. The Kier molecular flexibility index (Phi) is 4.79. The number of anilines is 1. The number of hydrogen-bond acceptors (Lipinski definition) is 6. The minimum atomic E-state index is -0.310. The molecular weight excluding hydrogens is 410 g/mol. The van der Waals surface area contributed by atoms with Gasteiger partial charge in [0.15, 0.2) is 5.65 Å². The lowest BCUT2D eigenvalue weighted by Crippen LogP contribution is -2.12. The number of hydrogen-bond donors (Lipinski definition) is 1. The molecule has 31 heavy (non-hydrogen) atoms. The summed E-state index contributed by atoms with van der Waals surface area (Å²) < 4.78 is 3.54. The normalized spacial score (nSPS) is 13.2. The molecule has 0 atom stereocenters. The minimum Gasteiger partial charge on any atom is -0.312 e. The first-order valence-electron chi connectivity index (χ1n) is 10.3. The maximum atomic E-state index is 13.1. The SMILES string of the molecule is CCn1cc(-c2ccnc3c(C(=O)Nc4sc5c(c4C#N)CCCC5)cnn23)c(C)n1. The number of rotatable bonds is 4. The number of carbonyl (C=O) groups excluding carboxylic acids is 1. The molecule has 9 heteroatoms. The first-order chi connectivity index (χ1) is 15.1. The van der Waals surface area contributed by atoms with Gasteiger partial charge in [0.2, 0.25) is 0 Å². The van der Waals surface area contributed by atoms with Gasteiger partial charge in [0.1, 0.15) is 16.6 Å². The molecule has 4 aromatic rings. The van der Waals surface area contributed by atoms with E-state index in [1.54, 1.807) is 10.7 Å². The van der Waals surface area contributed by atoms with Crippen LogP contribution in [-0.4, -0.2) is 30.3 Å². The highest BCUT2D eigenvalue weighted by molar-refractivity contribution is 7.16. The van der Waals surface area contributed by atoms with E-state index in [0.29, 0.717) is 21.8 Å². The van der Waals surface area contributed by atoms with Gasteiger partial charge in [-0.15, -0.1) is 11.3 Å². The molecule has 8 nitrogen and oxygen atoms in total. The van der Waals surface area contributed by atoms with Crippen molar-refractivity contribution in [3.63, 3.8) is 0 Å². The minimum absolute atomic E-state index is 0.310. The van der Waals surface area contributed by atoms with Gasteiger partial charge in [-0.25, -0.2) is 9.50 Å². The topological polar surface area (TPSA) is 101 Å². The van der Waals surface area contributed by atoms with Crippen molar-refractivity contribution in [3.8, 4) is 17.3 Å². The van der Waals surface area contributed by atoms with Crippen LogP contribution < -0.4 is 5.32 Å². The smallest absolute Gasteiger partial charge is 0.261 e. The van der Waals surface area contributed by atoms with Crippen LogP contribution in [0, 0.1) is 18.3 Å². The van der Waals surface area contributed by atoms with Gasteiger partial charge >= 0.3 is 0 Å². The van der Waals surface area contributed by atoms with Crippen LogP contribution in [0.2, 0.25) is 0 Å². The van der Waals surface area contributed by atoms with E-state index in [2.05, 4.69) is 26.6 Å². The van der Waals surface area contributed by atoms with Gasteiger partial charge < -0.3 is 5.32 Å². The summed E-state index contributed by atoms with van der Waals surface area (Å²) in [5.41, 5.74) is 5.20. The zero-order valence-electron chi connectivity index (χ0n) is 17.3. The van der Waals surface area contributed by atoms with E-state index in [4.69, 9.17) is 0 Å². The molecule has 0 unspecified atom stereocenters. The van der Waals surface area contributed by atoms with Crippen LogP contribution in [0.1, 0.15) is 51.8 Å². The highest BCUT2D eigenvalue weighted by atomic mass is 32.1. The van der Waals surface area contributed by atoms with Crippen LogP contribution in [0.25, 0.3) is 16.9 Å². The van der Waals surface area contributed by atoms with Gasteiger partial charge in [-0.05, 0) is 51.2 Å². The maximum absolute atomic E-state index is 13.1. The van der Waals surface area contributed by atoms with Crippen LogP contribution in [0.4, 0.5) is 5.00 Å². The Hall–Kier alpha value is -3.51. The number of aryl methyl sites for hydroxylation is 3. The Morgan fingerprint density at radius 3 is 2.97 bits per heavy atom. The number of nitrogens with zero attached hydrogens (tertiary/aromatic N) is 6. The Bertz CT molecular complexity index is 1350. The molecule has 0 fully saturated rings.